The van der Waals surface area contributed by atoms with Gasteiger partial charge in [-0.2, -0.15) is 0 Å². The van der Waals surface area contributed by atoms with Crippen LogP contribution in [0.1, 0.15) is 29.0 Å². The van der Waals surface area contributed by atoms with Gasteiger partial charge in [0, 0.05) is 4.47 Å². The van der Waals surface area contributed by atoms with E-state index in [1.807, 2.05) is 31.2 Å². The Morgan fingerprint density at radius 2 is 1.85 bits per heavy atom. The molecule has 6 heteroatoms. The number of halogens is 3. The highest BCUT2D eigenvalue weighted by molar-refractivity contribution is 9.10. The number of carbonyl (C=O) groups is 1. The van der Waals surface area contributed by atoms with Gasteiger partial charge < -0.3 is 5.32 Å². The standard InChI is InChI=1S/C14H11BrCl2N2O/c1-8(9-2-4-10(15)5-3-9)18-14(20)13-11(16)6-7-12(17)19-13/h2-8H,1H3,(H,18,20). The Morgan fingerprint density at radius 3 is 2.50 bits per heavy atom. The molecule has 1 atom stereocenters. The second-order valence-corrected chi connectivity index (χ2v) is 5.92. The van der Waals surface area contributed by atoms with Crippen LogP contribution in [-0.4, -0.2) is 10.9 Å². The van der Waals surface area contributed by atoms with Crippen molar-refractivity contribution in [1.29, 1.82) is 0 Å². The maximum atomic E-state index is 12.1. The van der Waals surface area contributed by atoms with Crippen molar-refractivity contribution < 1.29 is 4.79 Å². The molecule has 2 rings (SSSR count). The molecule has 20 heavy (non-hydrogen) atoms. The summed E-state index contributed by atoms with van der Waals surface area (Å²) in [6, 6.07) is 10.6. The van der Waals surface area contributed by atoms with Crippen molar-refractivity contribution in [3.63, 3.8) is 0 Å². The zero-order valence-corrected chi connectivity index (χ0v) is 13.6. The van der Waals surface area contributed by atoms with E-state index in [1.165, 1.54) is 0 Å². The summed E-state index contributed by atoms with van der Waals surface area (Å²) < 4.78 is 0.985. The van der Waals surface area contributed by atoms with Gasteiger partial charge in [0.1, 0.15) is 10.8 Å². The van der Waals surface area contributed by atoms with Crippen LogP contribution in [0.4, 0.5) is 0 Å². The van der Waals surface area contributed by atoms with E-state index < -0.39 is 0 Å². The molecule has 1 amide bonds. The lowest BCUT2D eigenvalue weighted by molar-refractivity contribution is 0.0935. The number of pyridine rings is 1. The quantitative estimate of drug-likeness (QED) is 0.796. The molecule has 3 nitrogen and oxygen atoms in total. The van der Waals surface area contributed by atoms with Crippen molar-refractivity contribution in [2.75, 3.05) is 0 Å². The minimum absolute atomic E-state index is 0.128. The smallest absolute Gasteiger partial charge is 0.271 e. The molecule has 1 N–H and O–H groups in total. The summed E-state index contributed by atoms with van der Waals surface area (Å²) in [4.78, 5) is 16.1. The summed E-state index contributed by atoms with van der Waals surface area (Å²) in [5, 5.41) is 3.35. The SMILES string of the molecule is CC(NC(=O)c1nc(Cl)ccc1Cl)c1ccc(Br)cc1. The maximum Gasteiger partial charge on any atom is 0.271 e. The molecule has 0 radical (unpaired) electrons. The molecule has 0 aliphatic heterocycles. The van der Waals surface area contributed by atoms with Crippen LogP contribution in [0.25, 0.3) is 0 Å². The molecule has 0 saturated carbocycles. The van der Waals surface area contributed by atoms with Gasteiger partial charge in [-0.3, -0.25) is 4.79 Å². The van der Waals surface area contributed by atoms with E-state index in [0.29, 0.717) is 0 Å². The molecule has 1 aromatic heterocycles. The van der Waals surface area contributed by atoms with Crippen LogP contribution in [0.3, 0.4) is 0 Å². The van der Waals surface area contributed by atoms with Crippen molar-refractivity contribution in [2.45, 2.75) is 13.0 Å². The molecule has 1 heterocycles. The lowest BCUT2D eigenvalue weighted by Gasteiger charge is -2.14. The van der Waals surface area contributed by atoms with Crippen molar-refractivity contribution in [3.05, 3.63) is 62.3 Å². The van der Waals surface area contributed by atoms with Gasteiger partial charge in [-0.25, -0.2) is 4.98 Å². The Bertz CT molecular complexity index is 632. The molecule has 0 aliphatic rings. The van der Waals surface area contributed by atoms with Crippen LogP contribution >= 0.6 is 39.1 Å². The maximum absolute atomic E-state index is 12.1. The van der Waals surface area contributed by atoms with Crippen molar-refractivity contribution in [2.24, 2.45) is 0 Å². The van der Waals surface area contributed by atoms with E-state index in [0.717, 1.165) is 10.0 Å². The van der Waals surface area contributed by atoms with Gasteiger partial charge in [0.25, 0.3) is 5.91 Å². The Kier molecular flexibility index (Phi) is 5.02. The molecule has 0 aliphatic carbocycles. The van der Waals surface area contributed by atoms with E-state index >= 15 is 0 Å². The predicted molar refractivity (Wildman–Crippen MR) is 84.3 cm³/mol. The van der Waals surface area contributed by atoms with E-state index in [1.54, 1.807) is 12.1 Å². The van der Waals surface area contributed by atoms with Gasteiger partial charge in [0.15, 0.2) is 0 Å². The zero-order chi connectivity index (χ0) is 14.7. The molecule has 1 unspecified atom stereocenters. The number of aromatic nitrogens is 1. The highest BCUT2D eigenvalue weighted by Gasteiger charge is 2.16. The average molecular weight is 374 g/mol. The number of carbonyl (C=O) groups excluding carboxylic acids is 1. The minimum Gasteiger partial charge on any atom is -0.344 e. The van der Waals surface area contributed by atoms with Gasteiger partial charge in [-0.15, -0.1) is 0 Å². The van der Waals surface area contributed by atoms with E-state index in [-0.39, 0.29) is 27.8 Å². The number of hydrogen-bond acceptors (Lipinski definition) is 2. The zero-order valence-electron chi connectivity index (χ0n) is 10.5. The normalized spacial score (nSPS) is 12.0. The number of nitrogens with zero attached hydrogens (tertiary/aromatic N) is 1. The first kappa shape index (κ1) is 15.3. The topological polar surface area (TPSA) is 42.0 Å². The summed E-state index contributed by atoms with van der Waals surface area (Å²) in [7, 11) is 0. The highest BCUT2D eigenvalue weighted by Crippen LogP contribution is 2.20. The second kappa shape index (κ2) is 6.57. The second-order valence-electron chi connectivity index (χ2n) is 4.21. The molecule has 0 bridgehead atoms. The van der Waals surface area contributed by atoms with Crippen LogP contribution in [0, 0.1) is 0 Å². The molecular formula is C14H11BrCl2N2O. The summed E-state index contributed by atoms with van der Waals surface area (Å²) >= 11 is 15.1. The summed E-state index contributed by atoms with van der Waals surface area (Å²) in [6.07, 6.45) is 0. The fourth-order valence-electron chi connectivity index (χ4n) is 1.68. The lowest BCUT2D eigenvalue weighted by atomic mass is 10.1. The Labute approximate surface area is 135 Å². The third-order valence-corrected chi connectivity index (χ3v) is 3.79. The van der Waals surface area contributed by atoms with Crippen LogP contribution in [0.2, 0.25) is 10.2 Å². The third-order valence-electron chi connectivity index (χ3n) is 2.74. The number of benzene rings is 1. The molecule has 0 saturated heterocycles. The molecule has 1 aromatic carbocycles. The van der Waals surface area contributed by atoms with Gasteiger partial charge in [0.05, 0.1) is 11.1 Å². The van der Waals surface area contributed by atoms with Crippen LogP contribution in [0.15, 0.2) is 40.9 Å². The van der Waals surface area contributed by atoms with Crippen molar-refractivity contribution >= 4 is 45.0 Å². The van der Waals surface area contributed by atoms with E-state index in [9.17, 15) is 4.79 Å². The monoisotopic (exact) mass is 372 g/mol. The van der Waals surface area contributed by atoms with E-state index in [2.05, 4.69) is 26.2 Å². The number of nitrogens with one attached hydrogen (secondary N) is 1. The summed E-state index contributed by atoms with van der Waals surface area (Å²) in [5.41, 5.74) is 1.11. The minimum atomic E-state index is -0.354. The first-order valence-electron chi connectivity index (χ1n) is 5.86. The Balaban J connectivity index is 2.15. The van der Waals surface area contributed by atoms with Gasteiger partial charge in [-0.05, 0) is 36.8 Å². The fraction of sp³-hybridized carbons (Fsp3) is 0.143. The van der Waals surface area contributed by atoms with Gasteiger partial charge in [0.2, 0.25) is 0 Å². The average Bonchev–Trinajstić information content (AvgIpc) is 2.42. The van der Waals surface area contributed by atoms with Crippen molar-refractivity contribution in [3.8, 4) is 0 Å². The van der Waals surface area contributed by atoms with E-state index in [4.69, 9.17) is 23.2 Å². The molecule has 0 spiro atoms. The van der Waals surface area contributed by atoms with Gasteiger partial charge >= 0.3 is 0 Å². The molecule has 2 aromatic rings. The largest absolute Gasteiger partial charge is 0.344 e. The van der Waals surface area contributed by atoms with Gasteiger partial charge in [-0.1, -0.05) is 51.3 Å². The molecule has 0 fully saturated rings. The lowest BCUT2D eigenvalue weighted by Crippen LogP contribution is -2.27. The number of amides is 1. The predicted octanol–water partition coefficient (Wildman–Crippen LogP) is 4.64. The third kappa shape index (κ3) is 3.72. The Morgan fingerprint density at radius 1 is 1.20 bits per heavy atom. The highest BCUT2D eigenvalue weighted by atomic mass is 79.9. The van der Waals surface area contributed by atoms with Crippen LogP contribution in [-0.2, 0) is 0 Å². The number of hydrogen-bond donors (Lipinski definition) is 1. The first-order valence-corrected chi connectivity index (χ1v) is 7.40. The number of rotatable bonds is 3. The van der Waals surface area contributed by atoms with Crippen molar-refractivity contribution in [1.82, 2.24) is 10.3 Å². The van der Waals surface area contributed by atoms with Crippen LogP contribution in [0.5, 0.6) is 0 Å². The summed E-state index contributed by atoms with van der Waals surface area (Å²) in [5.74, 6) is -0.354. The molecular weight excluding hydrogens is 363 g/mol. The van der Waals surface area contributed by atoms with Crippen LogP contribution < -0.4 is 5.32 Å². The fourth-order valence-corrected chi connectivity index (χ4v) is 2.28. The summed E-state index contributed by atoms with van der Waals surface area (Å²) in [6.45, 7) is 1.89. The molecule has 104 valence electrons. The Hall–Kier alpha value is -1.10. The first-order chi connectivity index (χ1) is 9.47.